The van der Waals surface area contributed by atoms with Crippen molar-refractivity contribution in [3.63, 3.8) is 0 Å². The molecule has 0 aliphatic rings. The van der Waals surface area contributed by atoms with Crippen molar-refractivity contribution < 1.29 is 14.0 Å². The van der Waals surface area contributed by atoms with E-state index in [0.29, 0.717) is 5.01 Å². The SMILES string of the molecule is CC(=O)N(N)C(=O)c1ccc(F)c(Br)c1. The van der Waals surface area contributed by atoms with E-state index < -0.39 is 17.6 Å². The fourth-order valence-electron chi connectivity index (χ4n) is 0.911. The van der Waals surface area contributed by atoms with Gasteiger partial charge < -0.3 is 0 Å². The molecule has 0 aliphatic heterocycles. The first-order valence-electron chi connectivity index (χ1n) is 3.98. The van der Waals surface area contributed by atoms with Gasteiger partial charge in [-0.05, 0) is 34.1 Å². The van der Waals surface area contributed by atoms with Crippen molar-refractivity contribution in [1.82, 2.24) is 5.01 Å². The average molecular weight is 275 g/mol. The molecule has 4 nitrogen and oxygen atoms in total. The monoisotopic (exact) mass is 274 g/mol. The summed E-state index contributed by atoms with van der Waals surface area (Å²) in [4.78, 5) is 22.3. The molecule has 0 radical (unpaired) electrons. The standard InChI is InChI=1S/C9H8BrFN2O2/c1-5(14)13(12)9(15)6-2-3-8(11)7(10)4-6/h2-4H,12H2,1H3. The zero-order valence-corrected chi connectivity index (χ0v) is 9.42. The van der Waals surface area contributed by atoms with Gasteiger partial charge in [-0.25, -0.2) is 15.2 Å². The molecule has 1 rings (SSSR count). The van der Waals surface area contributed by atoms with Crippen LogP contribution in [-0.4, -0.2) is 16.8 Å². The minimum absolute atomic E-state index is 0.140. The number of rotatable bonds is 1. The van der Waals surface area contributed by atoms with Gasteiger partial charge in [0.15, 0.2) is 0 Å². The van der Waals surface area contributed by atoms with E-state index in [0.717, 1.165) is 13.0 Å². The summed E-state index contributed by atoms with van der Waals surface area (Å²) in [6, 6.07) is 3.64. The molecule has 0 bridgehead atoms. The van der Waals surface area contributed by atoms with Crippen LogP contribution in [0, 0.1) is 5.82 Å². The first-order valence-corrected chi connectivity index (χ1v) is 4.77. The van der Waals surface area contributed by atoms with Crippen LogP contribution in [0.1, 0.15) is 17.3 Å². The predicted octanol–water partition coefficient (Wildman–Crippen LogP) is 1.45. The smallest absolute Gasteiger partial charge is 0.273 e. The maximum atomic E-state index is 12.9. The number of amides is 2. The summed E-state index contributed by atoms with van der Waals surface area (Å²) in [6.45, 7) is 1.16. The van der Waals surface area contributed by atoms with E-state index in [1.165, 1.54) is 12.1 Å². The summed E-state index contributed by atoms with van der Waals surface area (Å²) in [5, 5.41) is 0.472. The Morgan fingerprint density at radius 2 is 2.07 bits per heavy atom. The Bertz CT molecular complexity index is 423. The van der Waals surface area contributed by atoms with Crippen LogP contribution in [-0.2, 0) is 4.79 Å². The molecule has 0 saturated heterocycles. The van der Waals surface area contributed by atoms with Gasteiger partial charge in [0.2, 0.25) is 5.91 Å². The molecule has 0 aliphatic carbocycles. The highest BCUT2D eigenvalue weighted by Gasteiger charge is 2.16. The van der Waals surface area contributed by atoms with Crippen LogP contribution in [0.15, 0.2) is 22.7 Å². The molecular weight excluding hydrogens is 267 g/mol. The lowest BCUT2D eigenvalue weighted by molar-refractivity contribution is -0.126. The van der Waals surface area contributed by atoms with Crippen molar-refractivity contribution in [2.75, 3.05) is 0 Å². The molecule has 0 atom stereocenters. The number of benzene rings is 1. The zero-order chi connectivity index (χ0) is 11.6. The highest BCUT2D eigenvalue weighted by molar-refractivity contribution is 9.10. The number of imide groups is 1. The lowest BCUT2D eigenvalue weighted by Gasteiger charge is -2.12. The molecule has 0 heterocycles. The Morgan fingerprint density at radius 1 is 1.47 bits per heavy atom. The number of carbonyl (C=O) groups is 2. The summed E-state index contributed by atoms with van der Waals surface area (Å²) < 4.78 is 13.0. The lowest BCUT2D eigenvalue weighted by atomic mass is 10.2. The van der Waals surface area contributed by atoms with Crippen molar-refractivity contribution in [2.24, 2.45) is 5.84 Å². The number of carbonyl (C=O) groups excluding carboxylic acids is 2. The van der Waals surface area contributed by atoms with Crippen molar-refractivity contribution in [1.29, 1.82) is 0 Å². The van der Waals surface area contributed by atoms with Gasteiger partial charge in [0.1, 0.15) is 5.82 Å². The second-order valence-electron chi connectivity index (χ2n) is 2.82. The molecular formula is C9H8BrFN2O2. The quantitative estimate of drug-likeness (QED) is 0.479. The Balaban J connectivity index is 3.02. The van der Waals surface area contributed by atoms with E-state index in [-0.39, 0.29) is 10.0 Å². The number of halogens is 2. The van der Waals surface area contributed by atoms with Crippen molar-refractivity contribution >= 4 is 27.7 Å². The molecule has 0 fully saturated rings. The Labute approximate surface area is 94.0 Å². The van der Waals surface area contributed by atoms with E-state index in [4.69, 9.17) is 5.84 Å². The molecule has 0 aromatic heterocycles. The second kappa shape index (κ2) is 4.50. The van der Waals surface area contributed by atoms with Crippen LogP contribution in [0.5, 0.6) is 0 Å². The third kappa shape index (κ3) is 2.60. The molecule has 0 spiro atoms. The predicted molar refractivity (Wildman–Crippen MR) is 55.1 cm³/mol. The maximum absolute atomic E-state index is 12.9. The lowest BCUT2D eigenvalue weighted by Crippen LogP contribution is -2.41. The number of nitrogens with zero attached hydrogens (tertiary/aromatic N) is 1. The van der Waals surface area contributed by atoms with Crippen LogP contribution < -0.4 is 5.84 Å². The van der Waals surface area contributed by atoms with Crippen LogP contribution in [0.3, 0.4) is 0 Å². The summed E-state index contributed by atoms with van der Waals surface area (Å²) in [7, 11) is 0. The third-order valence-electron chi connectivity index (χ3n) is 1.72. The molecule has 1 aromatic carbocycles. The van der Waals surface area contributed by atoms with Gasteiger partial charge in [0, 0.05) is 12.5 Å². The summed E-state index contributed by atoms with van der Waals surface area (Å²) in [6.07, 6.45) is 0. The molecule has 0 unspecified atom stereocenters. The maximum Gasteiger partial charge on any atom is 0.274 e. The van der Waals surface area contributed by atoms with Gasteiger partial charge >= 0.3 is 0 Å². The molecule has 80 valence electrons. The molecule has 15 heavy (non-hydrogen) atoms. The first-order chi connectivity index (χ1) is 6.93. The van der Waals surface area contributed by atoms with Gasteiger partial charge in [-0.15, -0.1) is 0 Å². The minimum atomic E-state index is -0.678. The van der Waals surface area contributed by atoms with Crippen molar-refractivity contribution in [3.05, 3.63) is 34.1 Å². The fraction of sp³-hybridized carbons (Fsp3) is 0.111. The fourth-order valence-corrected chi connectivity index (χ4v) is 1.29. The molecule has 2 amide bonds. The molecule has 0 saturated carbocycles. The topological polar surface area (TPSA) is 63.4 Å². The summed E-state index contributed by atoms with van der Waals surface area (Å²) in [5.41, 5.74) is 0.140. The third-order valence-corrected chi connectivity index (χ3v) is 2.33. The highest BCUT2D eigenvalue weighted by Crippen LogP contribution is 2.17. The highest BCUT2D eigenvalue weighted by atomic mass is 79.9. The van der Waals surface area contributed by atoms with E-state index in [1.54, 1.807) is 0 Å². The van der Waals surface area contributed by atoms with Crippen LogP contribution >= 0.6 is 15.9 Å². The molecule has 2 N–H and O–H groups in total. The Hall–Kier alpha value is -1.27. The first kappa shape index (κ1) is 11.8. The average Bonchev–Trinajstić information content (AvgIpc) is 2.19. The normalized spacial score (nSPS) is 9.87. The van der Waals surface area contributed by atoms with Gasteiger partial charge in [-0.1, -0.05) is 0 Å². The minimum Gasteiger partial charge on any atom is -0.273 e. The van der Waals surface area contributed by atoms with Crippen LogP contribution in [0.2, 0.25) is 0 Å². The summed E-state index contributed by atoms with van der Waals surface area (Å²) >= 11 is 2.93. The summed E-state index contributed by atoms with van der Waals surface area (Å²) in [5.74, 6) is 3.46. The van der Waals surface area contributed by atoms with E-state index >= 15 is 0 Å². The van der Waals surface area contributed by atoms with Crippen LogP contribution in [0.4, 0.5) is 4.39 Å². The number of nitrogens with two attached hydrogens (primary N) is 1. The van der Waals surface area contributed by atoms with Gasteiger partial charge in [0.25, 0.3) is 5.91 Å². The van der Waals surface area contributed by atoms with Crippen molar-refractivity contribution in [3.8, 4) is 0 Å². The molecule has 6 heteroatoms. The van der Waals surface area contributed by atoms with Crippen molar-refractivity contribution in [2.45, 2.75) is 6.92 Å². The number of hydrogen-bond donors (Lipinski definition) is 1. The van der Waals surface area contributed by atoms with E-state index in [1.807, 2.05) is 0 Å². The van der Waals surface area contributed by atoms with E-state index in [9.17, 15) is 14.0 Å². The van der Waals surface area contributed by atoms with Gasteiger partial charge in [0.05, 0.1) is 4.47 Å². The number of hydrogen-bond acceptors (Lipinski definition) is 3. The van der Waals surface area contributed by atoms with Crippen LogP contribution in [0.25, 0.3) is 0 Å². The second-order valence-corrected chi connectivity index (χ2v) is 3.68. The number of hydrazine groups is 1. The largest absolute Gasteiger partial charge is 0.274 e. The Morgan fingerprint density at radius 3 is 2.53 bits per heavy atom. The molecule has 1 aromatic rings. The Kier molecular flexibility index (Phi) is 3.54. The van der Waals surface area contributed by atoms with E-state index in [2.05, 4.69) is 15.9 Å². The zero-order valence-electron chi connectivity index (χ0n) is 7.83. The van der Waals surface area contributed by atoms with Gasteiger partial charge in [-0.2, -0.15) is 0 Å². The van der Waals surface area contributed by atoms with Gasteiger partial charge in [-0.3, -0.25) is 9.59 Å².